The number of hydrogen-bond donors (Lipinski definition) is 0. The molecule has 0 spiro atoms. The van der Waals surface area contributed by atoms with Crippen molar-refractivity contribution in [2.45, 2.75) is 0 Å². The average molecular weight is 816 g/mol. The Kier molecular flexibility index (Phi) is 9.20. The van der Waals surface area contributed by atoms with E-state index < -0.39 is 0 Å². The van der Waals surface area contributed by atoms with Crippen LogP contribution in [0.2, 0.25) is 0 Å². The Labute approximate surface area is 372 Å². The first-order valence-corrected chi connectivity index (χ1v) is 21.9. The maximum atomic E-state index is 6.51. The molecule has 2 heteroatoms. The van der Waals surface area contributed by atoms with Gasteiger partial charge >= 0.3 is 0 Å². The zero-order valence-corrected chi connectivity index (χ0v) is 35.0. The maximum Gasteiger partial charge on any atom is 0.143 e. The van der Waals surface area contributed by atoms with E-state index in [4.69, 9.17) is 4.42 Å². The molecule has 0 aliphatic rings. The van der Waals surface area contributed by atoms with Crippen molar-refractivity contribution in [3.63, 3.8) is 0 Å². The molecule has 0 atom stereocenters. The van der Waals surface area contributed by atoms with E-state index in [9.17, 15) is 0 Å². The van der Waals surface area contributed by atoms with Crippen LogP contribution in [-0.2, 0) is 0 Å². The molecule has 0 N–H and O–H groups in total. The number of anilines is 3. The molecule has 300 valence electrons. The molecule has 0 saturated carbocycles. The molecule has 64 heavy (non-hydrogen) atoms. The van der Waals surface area contributed by atoms with E-state index in [1.807, 2.05) is 6.07 Å². The topological polar surface area (TPSA) is 16.4 Å². The Morgan fingerprint density at radius 2 is 0.719 bits per heavy atom. The lowest BCUT2D eigenvalue weighted by molar-refractivity contribution is 0.670. The molecule has 1 heterocycles. The molecule has 2 nitrogen and oxygen atoms in total. The predicted octanol–water partition coefficient (Wildman–Crippen LogP) is 17.7. The third-order valence-electron chi connectivity index (χ3n) is 12.7. The molecule has 0 aliphatic carbocycles. The molecule has 0 saturated heterocycles. The molecule has 0 radical (unpaired) electrons. The van der Waals surface area contributed by atoms with E-state index in [0.717, 1.165) is 61.3 Å². The summed E-state index contributed by atoms with van der Waals surface area (Å²) in [6.07, 6.45) is 0. The van der Waals surface area contributed by atoms with Gasteiger partial charge in [0.2, 0.25) is 0 Å². The highest BCUT2D eigenvalue weighted by atomic mass is 16.3. The van der Waals surface area contributed by atoms with Crippen molar-refractivity contribution >= 4 is 60.5 Å². The van der Waals surface area contributed by atoms with Crippen molar-refractivity contribution in [3.8, 4) is 55.6 Å². The summed E-state index contributed by atoms with van der Waals surface area (Å²) in [6, 6.07) is 89.6. The molecular formula is C62H41NO. The number of benzene rings is 11. The number of para-hydroxylation sites is 1. The molecule has 12 aromatic rings. The fourth-order valence-electron chi connectivity index (χ4n) is 9.48. The van der Waals surface area contributed by atoms with Crippen LogP contribution in [0, 0.1) is 0 Å². The van der Waals surface area contributed by atoms with Crippen molar-refractivity contribution < 1.29 is 4.42 Å². The van der Waals surface area contributed by atoms with E-state index >= 15 is 0 Å². The van der Waals surface area contributed by atoms with Crippen LogP contribution in [-0.4, -0.2) is 0 Å². The van der Waals surface area contributed by atoms with Crippen molar-refractivity contribution in [1.29, 1.82) is 0 Å². The van der Waals surface area contributed by atoms with Gasteiger partial charge in [-0.3, -0.25) is 0 Å². The Morgan fingerprint density at radius 3 is 1.39 bits per heavy atom. The summed E-state index contributed by atoms with van der Waals surface area (Å²) in [7, 11) is 0. The fraction of sp³-hybridized carbons (Fsp3) is 0. The summed E-state index contributed by atoms with van der Waals surface area (Å²) in [5, 5.41) is 7.22. The van der Waals surface area contributed by atoms with Crippen LogP contribution in [0.5, 0.6) is 0 Å². The van der Waals surface area contributed by atoms with E-state index in [2.05, 4.69) is 248 Å². The number of fused-ring (bicyclic) bond motifs is 5. The third kappa shape index (κ3) is 6.70. The number of nitrogens with zero attached hydrogens (tertiary/aromatic N) is 1. The molecule has 1 aromatic heterocycles. The Balaban J connectivity index is 0.927. The number of hydrogen-bond acceptors (Lipinski definition) is 2. The first kappa shape index (κ1) is 37.3. The van der Waals surface area contributed by atoms with E-state index in [-0.39, 0.29) is 0 Å². The van der Waals surface area contributed by atoms with Crippen molar-refractivity contribution in [1.82, 2.24) is 0 Å². The first-order valence-electron chi connectivity index (χ1n) is 21.9. The zero-order chi connectivity index (χ0) is 42.4. The SMILES string of the molecule is c1ccc(-c2cc(-c3ccc(N(c4ccc(-c5ccc6oc7c(-c8ccccc8)cccc7c6c5)cc4)c4ccc(-c5cccc6ccccc56)cc4)cc3)cc3ccccc23)cc1. The van der Waals surface area contributed by atoms with Crippen molar-refractivity contribution in [3.05, 3.63) is 249 Å². The molecule has 0 bridgehead atoms. The zero-order valence-electron chi connectivity index (χ0n) is 35.0. The molecule has 0 unspecified atom stereocenters. The molecule has 0 amide bonds. The van der Waals surface area contributed by atoms with E-state index in [1.165, 1.54) is 54.9 Å². The van der Waals surface area contributed by atoms with Crippen LogP contribution in [0.3, 0.4) is 0 Å². The van der Waals surface area contributed by atoms with Gasteiger partial charge in [-0.25, -0.2) is 0 Å². The van der Waals surface area contributed by atoms with Gasteiger partial charge in [-0.05, 0) is 132 Å². The summed E-state index contributed by atoms with van der Waals surface area (Å²) < 4.78 is 6.51. The fourth-order valence-corrected chi connectivity index (χ4v) is 9.48. The second-order valence-electron chi connectivity index (χ2n) is 16.5. The Bertz CT molecular complexity index is 3620. The minimum absolute atomic E-state index is 0.889. The summed E-state index contributed by atoms with van der Waals surface area (Å²) in [5.74, 6) is 0. The van der Waals surface area contributed by atoms with Crippen LogP contribution < -0.4 is 4.90 Å². The second kappa shape index (κ2) is 15.8. The minimum atomic E-state index is 0.889. The summed E-state index contributed by atoms with van der Waals surface area (Å²) in [6.45, 7) is 0. The Hall–Kier alpha value is -8.46. The average Bonchev–Trinajstić information content (AvgIpc) is 3.75. The monoisotopic (exact) mass is 815 g/mol. The normalized spacial score (nSPS) is 11.4. The summed E-state index contributed by atoms with van der Waals surface area (Å²) >= 11 is 0. The van der Waals surface area contributed by atoms with Crippen LogP contribution in [0.15, 0.2) is 253 Å². The highest BCUT2D eigenvalue weighted by Gasteiger charge is 2.17. The smallest absolute Gasteiger partial charge is 0.143 e. The molecule has 0 fully saturated rings. The maximum absolute atomic E-state index is 6.51. The van der Waals surface area contributed by atoms with Gasteiger partial charge in [0.15, 0.2) is 0 Å². The van der Waals surface area contributed by atoms with E-state index in [0.29, 0.717) is 0 Å². The molecule has 0 aliphatic heterocycles. The van der Waals surface area contributed by atoms with Crippen molar-refractivity contribution in [2.75, 3.05) is 4.90 Å². The number of rotatable bonds is 8. The van der Waals surface area contributed by atoms with Gasteiger partial charge in [-0.2, -0.15) is 0 Å². The van der Waals surface area contributed by atoms with Gasteiger partial charge in [0, 0.05) is 33.4 Å². The molecular weight excluding hydrogens is 775 g/mol. The quantitative estimate of drug-likeness (QED) is 0.152. The largest absolute Gasteiger partial charge is 0.455 e. The lowest BCUT2D eigenvalue weighted by atomic mass is 9.93. The van der Waals surface area contributed by atoms with Gasteiger partial charge in [-0.1, -0.05) is 188 Å². The van der Waals surface area contributed by atoms with E-state index in [1.54, 1.807) is 0 Å². The lowest BCUT2D eigenvalue weighted by Gasteiger charge is -2.26. The summed E-state index contributed by atoms with van der Waals surface area (Å²) in [5.41, 5.74) is 16.8. The van der Waals surface area contributed by atoms with Crippen LogP contribution >= 0.6 is 0 Å². The molecule has 12 rings (SSSR count). The Morgan fingerprint density at radius 1 is 0.250 bits per heavy atom. The minimum Gasteiger partial charge on any atom is -0.455 e. The van der Waals surface area contributed by atoms with Crippen LogP contribution in [0.4, 0.5) is 17.1 Å². The van der Waals surface area contributed by atoms with Gasteiger partial charge in [0.25, 0.3) is 0 Å². The second-order valence-corrected chi connectivity index (χ2v) is 16.5. The molecule has 11 aromatic carbocycles. The van der Waals surface area contributed by atoms with Crippen LogP contribution in [0.1, 0.15) is 0 Å². The number of furan rings is 1. The van der Waals surface area contributed by atoms with Crippen LogP contribution in [0.25, 0.3) is 99.1 Å². The third-order valence-corrected chi connectivity index (χ3v) is 12.7. The van der Waals surface area contributed by atoms with Gasteiger partial charge in [0.05, 0.1) is 0 Å². The standard InChI is InChI=1S/C62H41NO/c1-3-13-45(14-4-1)57-23-12-24-58-60-40-48(31-38-61(60)64-62(57)58)42-25-32-51(33-26-42)63(53-36-29-47(30-37-53)55-22-11-19-44-17-7-9-20-54(44)55)52-34-27-43(28-35-52)50-39-49-18-8-10-21-56(49)59(41-50)46-15-5-2-6-16-46/h1-41H. The predicted molar refractivity (Wildman–Crippen MR) is 271 cm³/mol. The highest BCUT2D eigenvalue weighted by Crippen LogP contribution is 2.42. The van der Waals surface area contributed by atoms with Gasteiger partial charge in [0.1, 0.15) is 11.2 Å². The highest BCUT2D eigenvalue weighted by molar-refractivity contribution is 6.10. The van der Waals surface area contributed by atoms with Gasteiger partial charge in [-0.15, -0.1) is 0 Å². The summed E-state index contributed by atoms with van der Waals surface area (Å²) in [4.78, 5) is 2.36. The first-order chi connectivity index (χ1) is 31.7. The van der Waals surface area contributed by atoms with Crippen molar-refractivity contribution in [2.24, 2.45) is 0 Å². The lowest BCUT2D eigenvalue weighted by Crippen LogP contribution is -2.09. The van der Waals surface area contributed by atoms with Gasteiger partial charge < -0.3 is 9.32 Å².